The van der Waals surface area contributed by atoms with Gasteiger partial charge in [0.15, 0.2) is 5.78 Å². The van der Waals surface area contributed by atoms with Crippen molar-refractivity contribution in [2.75, 3.05) is 0 Å². The summed E-state index contributed by atoms with van der Waals surface area (Å²) in [6, 6.07) is 18.1. The molecule has 21 heavy (non-hydrogen) atoms. The topological polar surface area (TPSA) is 43.1 Å². The van der Waals surface area contributed by atoms with Gasteiger partial charge < -0.3 is 5.73 Å². The van der Waals surface area contributed by atoms with Crippen LogP contribution in [0.2, 0.25) is 0 Å². The Hall–Kier alpha value is -1.93. The van der Waals surface area contributed by atoms with E-state index in [4.69, 9.17) is 5.73 Å². The van der Waals surface area contributed by atoms with Crippen molar-refractivity contribution in [3.8, 4) is 0 Å². The fourth-order valence-corrected chi connectivity index (χ4v) is 2.24. The highest BCUT2D eigenvalue weighted by atomic mass is 16.1. The highest BCUT2D eigenvalue weighted by Crippen LogP contribution is 2.23. The second-order valence-corrected chi connectivity index (χ2v) is 6.40. The van der Waals surface area contributed by atoms with E-state index in [0.717, 1.165) is 11.1 Å². The van der Waals surface area contributed by atoms with Crippen LogP contribution >= 0.6 is 0 Å². The molecule has 2 heteroatoms. The smallest absolute Gasteiger partial charge is 0.180 e. The minimum absolute atomic E-state index is 0.00759. The Balaban J connectivity index is 2.16. The van der Waals surface area contributed by atoms with E-state index in [1.165, 1.54) is 0 Å². The van der Waals surface area contributed by atoms with Crippen LogP contribution in [-0.4, -0.2) is 11.8 Å². The first kappa shape index (κ1) is 15.5. The zero-order valence-electron chi connectivity index (χ0n) is 12.9. The fraction of sp³-hybridized carbons (Fsp3) is 0.316. The average Bonchev–Trinajstić information content (AvgIpc) is 2.46. The van der Waals surface area contributed by atoms with Crippen molar-refractivity contribution in [2.45, 2.75) is 38.6 Å². The molecule has 2 aromatic rings. The van der Waals surface area contributed by atoms with E-state index < -0.39 is 6.04 Å². The quantitative estimate of drug-likeness (QED) is 0.871. The third-order valence-electron chi connectivity index (χ3n) is 3.57. The highest BCUT2D eigenvalue weighted by Gasteiger charge is 2.19. The second kappa shape index (κ2) is 6.23. The SMILES string of the molecule is CC(C)(C)c1cc[c]c(C(=O)[C@@H](N)Cc2ccccc2)c1. The predicted octanol–water partition coefficient (Wildman–Crippen LogP) is 3.54. The Morgan fingerprint density at radius 3 is 2.48 bits per heavy atom. The Morgan fingerprint density at radius 1 is 1.19 bits per heavy atom. The lowest BCUT2D eigenvalue weighted by Gasteiger charge is -2.20. The van der Waals surface area contributed by atoms with Crippen molar-refractivity contribution in [3.63, 3.8) is 0 Å². The van der Waals surface area contributed by atoms with Gasteiger partial charge in [-0.3, -0.25) is 4.79 Å². The molecule has 0 saturated heterocycles. The van der Waals surface area contributed by atoms with Crippen LogP contribution in [0.25, 0.3) is 0 Å². The first-order valence-electron chi connectivity index (χ1n) is 7.24. The largest absolute Gasteiger partial charge is 0.321 e. The maximum Gasteiger partial charge on any atom is 0.180 e. The van der Waals surface area contributed by atoms with Gasteiger partial charge in [-0.05, 0) is 35.1 Å². The molecule has 0 aliphatic rings. The van der Waals surface area contributed by atoms with Gasteiger partial charge in [-0.1, -0.05) is 63.2 Å². The predicted molar refractivity (Wildman–Crippen MR) is 86.4 cm³/mol. The molecule has 2 N–H and O–H groups in total. The lowest BCUT2D eigenvalue weighted by Crippen LogP contribution is -2.33. The molecule has 0 amide bonds. The molecule has 1 atom stereocenters. The molecule has 0 heterocycles. The summed E-state index contributed by atoms with van der Waals surface area (Å²) >= 11 is 0. The molecular weight excluding hydrogens is 258 g/mol. The molecule has 0 spiro atoms. The van der Waals surface area contributed by atoms with Crippen molar-refractivity contribution in [3.05, 3.63) is 71.3 Å². The number of hydrogen-bond acceptors (Lipinski definition) is 2. The van der Waals surface area contributed by atoms with Crippen LogP contribution in [-0.2, 0) is 11.8 Å². The maximum atomic E-state index is 12.5. The number of Topliss-reactive ketones (excluding diaryl/α,β-unsaturated/α-hetero) is 1. The van der Waals surface area contributed by atoms with Crippen LogP contribution in [0, 0.1) is 6.07 Å². The third-order valence-corrected chi connectivity index (χ3v) is 3.57. The van der Waals surface area contributed by atoms with Crippen molar-refractivity contribution in [2.24, 2.45) is 5.73 Å². The van der Waals surface area contributed by atoms with Crippen molar-refractivity contribution in [1.82, 2.24) is 0 Å². The van der Waals surface area contributed by atoms with Gasteiger partial charge in [0, 0.05) is 5.56 Å². The van der Waals surface area contributed by atoms with E-state index in [0.29, 0.717) is 12.0 Å². The van der Waals surface area contributed by atoms with Crippen LogP contribution in [0.15, 0.2) is 48.5 Å². The first-order valence-corrected chi connectivity index (χ1v) is 7.24. The third kappa shape index (κ3) is 4.02. The van der Waals surface area contributed by atoms with Crippen LogP contribution in [0.4, 0.5) is 0 Å². The molecule has 1 radical (unpaired) electrons. The van der Waals surface area contributed by atoms with Gasteiger partial charge in [0.2, 0.25) is 0 Å². The van der Waals surface area contributed by atoms with Gasteiger partial charge in [0.1, 0.15) is 0 Å². The Bertz CT molecular complexity index is 611. The van der Waals surface area contributed by atoms with E-state index >= 15 is 0 Å². The van der Waals surface area contributed by atoms with E-state index in [-0.39, 0.29) is 11.2 Å². The molecule has 2 rings (SSSR count). The fourth-order valence-electron chi connectivity index (χ4n) is 2.24. The summed E-state index contributed by atoms with van der Waals surface area (Å²) in [5, 5.41) is 0. The van der Waals surface area contributed by atoms with Crippen LogP contribution < -0.4 is 5.73 Å². The molecule has 0 aromatic heterocycles. The number of rotatable bonds is 4. The summed E-state index contributed by atoms with van der Waals surface area (Å²) < 4.78 is 0. The Labute approximate surface area is 127 Å². The minimum Gasteiger partial charge on any atom is -0.321 e. The lowest BCUT2D eigenvalue weighted by atomic mass is 9.85. The number of nitrogens with two attached hydrogens (primary N) is 1. The molecule has 0 unspecified atom stereocenters. The van der Waals surface area contributed by atoms with E-state index in [9.17, 15) is 4.79 Å². The summed E-state index contributed by atoms with van der Waals surface area (Å²) in [4.78, 5) is 12.5. The molecule has 2 aromatic carbocycles. The van der Waals surface area contributed by atoms with Gasteiger partial charge in [-0.15, -0.1) is 0 Å². The monoisotopic (exact) mass is 280 g/mol. The summed E-state index contributed by atoms with van der Waals surface area (Å²) in [6.07, 6.45) is 0.549. The van der Waals surface area contributed by atoms with Crippen LogP contribution in [0.1, 0.15) is 42.3 Å². The Kier molecular flexibility index (Phi) is 4.59. The summed E-state index contributed by atoms with van der Waals surface area (Å²) in [7, 11) is 0. The first-order chi connectivity index (χ1) is 9.88. The number of ketones is 1. The normalized spacial score (nSPS) is 13.0. The number of carbonyl (C=O) groups excluding carboxylic acids is 1. The lowest BCUT2D eigenvalue weighted by molar-refractivity contribution is 0.0960. The number of hydrogen-bond donors (Lipinski definition) is 1. The van der Waals surface area contributed by atoms with Crippen LogP contribution in [0.3, 0.4) is 0 Å². The average molecular weight is 280 g/mol. The molecule has 0 fully saturated rings. The van der Waals surface area contributed by atoms with Gasteiger partial charge in [0.05, 0.1) is 6.04 Å². The zero-order valence-corrected chi connectivity index (χ0v) is 12.9. The van der Waals surface area contributed by atoms with Crippen molar-refractivity contribution >= 4 is 5.78 Å². The molecule has 2 nitrogen and oxygen atoms in total. The molecule has 0 aliphatic carbocycles. The molecule has 0 bridgehead atoms. The molecule has 0 saturated carbocycles. The summed E-state index contributed by atoms with van der Waals surface area (Å²) in [6.45, 7) is 6.38. The van der Waals surface area contributed by atoms with Gasteiger partial charge >= 0.3 is 0 Å². The van der Waals surface area contributed by atoms with E-state index in [1.807, 2.05) is 48.5 Å². The number of benzene rings is 2. The van der Waals surface area contributed by atoms with Crippen molar-refractivity contribution in [1.29, 1.82) is 0 Å². The zero-order chi connectivity index (χ0) is 15.5. The summed E-state index contributed by atoms with van der Waals surface area (Å²) in [5.41, 5.74) is 8.85. The highest BCUT2D eigenvalue weighted by molar-refractivity contribution is 6.00. The number of carbonyl (C=O) groups is 1. The standard InChI is InChI=1S/C19H22NO/c1-19(2,3)16-11-7-10-15(13-16)18(21)17(20)12-14-8-5-4-6-9-14/h4-9,11,13,17H,12,20H2,1-3H3/t17-/m0/s1. The van der Waals surface area contributed by atoms with E-state index in [2.05, 4.69) is 26.8 Å². The van der Waals surface area contributed by atoms with E-state index in [1.54, 1.807) is 0 Å². The Morgan fingerprint density at radius 2 is 1.86 bits per heavy atom. The molecule has 0 aliphatic heterocycles. The molecular formula is C19H22NO. The van der Waals surface area contributed by atoms with Crippen LogP contribution in [0.5, 0.6) is 0 Å². The maximum absolute atomic E-state index is 12.5. The van der Waals surface area contributed by atoms with Gasteiger partial charge in [-0.2, -0.15) is 0 Å². The van der Waals surface area contributed by atoms with Crippen molar-refractivity contribution < 1.29 is 4.79 Å². The molecule has 109 valence electrons. The minimum atomic E-state index is -0.529. The van der Waals surface area contributed by atoms with Gasteiger partial charge in [0.25, 0.3) is 0 Å². The second-order valence-electron chi connectivity index (χ2n) is 6.40. The van der Waals surface area contributed by atoms with Gasteiger partial charge in [-0.25, -0.2) is 0 Å². The summed E-state index contributed by atoms with van der Waals surface area (Å²) in [5.74, 6) is -0.0510.